The number of nitrogens with one attached hydrogen (secondary N) is 1. The Bertz CT molecular complexity index is 560. The topological polar surface area (TPSA) is 88.3 Å². The fourth-order valence-corrected chi connectivity index (χ4v) is 3.39. The summed E-state index contributed by atoms with van der Waals surface area (Å²) >= 11 is 3.19. The van der Waals surface area contributed by atoms with Gasteiger partial charge in [0.2, 0.25) is 10.0 Å². The third-order valence-corrected chi connectivity index (χ3v) is 4.99. The molecule has 1 aliphatic carbocycles. The summed E-state index contributed by atoms with van der Waals surface area (Å²) in [6.45, 7) is 1.05. The van der Waals surface area contributed by atoms with Gasteiger partial charge in [0.15, 0.2) is 0 Å². The zero-order valence-electron chi connectivity index (χ0n) is 10.6. The Morgan fingerprint density at radius 1 is 1.58 bits per heavy atom. The molecule has 0 saturated heterocycles. The first-order valence-electron chi connectivity index (χ1n) is 6.01. The van der Waals surface area contributed by atoms with Crippen molar-refractivity contribution in [3.63, 3.8) is 0 Å². The number of sulfonamides is 1. The van der Waals surface area contributed by atoms with Gasteiger partial charge in [-0.15, -0.1) is 0 Å². The van der Waals surface area contributed by atoms with E-state index in [4.69, 9.17) is 5.73 Å². The average molecular weight is 349 g/mol. The van der Waals surface area contributed by atoms with Gasteiger partial charge in [0.1, 0.15) is 10.7 Å². The van der Waals surface area contributed by atoms with E-state index in [9.17, 15) is 8.42 Å². The van der Waals surface area contributed by atoms with Crippen LogP contribution in [0.1, 0.15) is 12.8 Å². The van der Waals surface area contributed by atoms with Gasteiger partial charge < -0.3 is 10.6 Å². The molecule has 1 fully saturated rings. The first kappa shape index (κ1) is 14.7. The molecule has 1 saturated carbocycles. The normalized spacial score (nSPS) is 15.9. The number of nitrogens with two attached hydrogens (primary N) is 1. The third kappa shape index (κ3) is 3.88. The summed E-state index contributed by atoms with van der Waals surface area (Å²) in [7, 11) is -1.61. The van der Waals surface area contributed by atoms with E-state index in [2.05, 4.69) is 30.5 Å². The van der Waals surface area contributed by atoms with Gasteiger partial charge >= 0.3 is 0 Å². The molecule has 2 rings (SSSR count). The number of halogens is 1. The molecular weight excluding hydrogens is 332 g/mol. The highest BCUT2D eigenvalue weighted by Crippen LogP contribution is 2.25. The molecule has 1 aromatic rings. The number of likely N-dealkylation sites (N-methyl/N-ethyl adjacent to an activating group) is 1. The van der Waals surface area contributed by atoms with Crippen molar-refractivity contribution in [2.24, 2.45) is 0 Å². The Labute approximate surface area is 121 Å². The lowest BCUT2D eigenvalue weighted by molar-refractivity contribution is 0.329. The van der Waals surface area contributed by atoms with Crippen LogP contribution in [0.4, 0.5) is 5.82 Å². The summed E-state index contributed by atoms with van der Waals surface area (Å²) in [4.78, 5) is 6.00. The molecule has 0 radical (unpaired) electrons. The SMILES string of the molecule is CN(CCNS(=O)(=O)c1cc(Br)cnc1N)C1CC1. The Hall–Kier alpha value is -0.700. The smallest absolute Gasteiger partial charge is 0.244 e. The highest BCUT2D eigenvalue weighted by atomic mass is 79.9. The lowest BCUT2D eigenvalue weighted by Gasteiger charge is -2.16. The molecule has 0 amide bonds. The van der Waals surface area contributed by atoms with Gasteiger partial charge in [0.25, 0.3) is 0 Å². The molecule has 106 valence electrons. The fraction of sp³-hybridized carbons (Fsp3) is 0.545. The molecule has 1 aliphatic rings. The summed E-state index contributed by atoms with van der Waals surface area (Å²) in [5, 5.41) is 0. The molecular formula is C11H17BrN4O2S. The van der Waals surface area contributed by atoms with Gasteiger partial charge in [0, 0.05) is 29.8 Å². The van der Waals surface area contributed by atoms with Crippen LogP contribution in [0.5, 0.6) is 0 Å². The molecule has 0 aromatic carbocycles. The highest BCUT2D eigenvalue weighted by Gasteiger charge is 2.26. The summed E-state index contributed by atoms with van der Waals surface area (Å²) in [5.41, 5.74) is 5.60. The molecule has 1 aromatic heterocycles. The minimum atomic E-state index is -3.61. The van der Waals surface area contributed by atoms with Crippen molar-refractivity contribution in [2.45, 2.75) is 23.8 Å². The van der Waals surface area contributed by atoms with Crippen molar-refractivity contribution < 1.29 is 8.42 Å². The van der Waals surface area contributed by atoms with E-state index >= 15 is 0 Å². The van der Waals surface area contributed by atoms with Gasteiger partial charge in [0.05, 0.1) is 0 Å². The number of anilines is 1. The molecule has 1 heterocycles. The second-order valence-electron chi connectivity index (χ2n) is 4.65. The standard InChI is InChI=1S/C11H17BrN4O2S/c1-16(9-2-3-9)5-4-15-19(17,18)10-6-8(12)7-14-11(10)13/h6-7,9,15H,2-5H2,1H3,(H2,13,14). The number of rotatable bonds is 6. The van der Waals surface area contributed by atoms with Crippen LogP contribution in [-0.2, 0) is 10.0 Å². The maximum absolute atomic E-state index is 12.1. The van der Waals surface area contributed by atoms with Crippen molar-refractivity contribution in [2.75, 3.05) is 25.9 Å². The maximum Gasteiger partial charge on any atom is 0.244 e. The van der Waals surface area contributed by atoms with Gasteiger partial charge in [-0.2, -0.15) is 0 Å². The number of pyridine rings is 1. The first-order chi connectivity index (χ1) is 8.90. The lowest BCUT2D eigenvalue weighted by atomic mass is 10.5. The van der Waals surface area contributed by atoms with Gasteiger partial charge in [-0.25, -0.2) is 18.1 Å². The van der Waals surface area contributed by atoms with E-state index in [-0.39, 0.29) is 10.7 Å². The molecule has 0 spiro atoms. The molecule has 0 aliphatic heterocycles. The molecule has 0 atom stereocenters. The number of hydrogen-bond donors (Lipinski definition) is 2. The van der Waals surface area contributed by atoms with E-state index in [0.29, 0.717) is 23.6 Å². The van der Waals surface area contributed by atoms with Gasteiger partial charge in [-0.3, -0.25) is 0 Å². The fourth-order valence-electron chi connectivity index (χ4n) is 1.78. The predicted octanol–water partition coefficient (Wildman–Crippen LogP) is 0.799. The minimum Gasteiger partial charge on any atom is -0.383 e. The average Bonchev–Trinajstić information content (AvgIpc) is 3.15. The summed E-state index contributed by atoms with van der Waals surface area (Å²) in [5.74, 6) is 0.00578. The zero-order valence-corrected chi connectivity index (χ0v) is 13.0. The Kier molecular flexibility index (Phi) is 4.44. The molecule has 0 bridgehead atoms. The van der Waals surface area contributed by atoms with Crippen molar-refractivity contribution >= 4 is 31.8 Å². The van der Waals surface area contributed by atoms with E-state index in [1.54, 1.807) is 0 Å². The predicted molar refractivity (Wildman–Crippen MR) is 77.2 cm³/mol. The monoisotopic (exact) mass is 348 g/mol. The van der Waals surface area contributed by atoms with Crippen LogP contribution in [0, 0.1) is 0 Å². The van der Waals surface area contributed by atoms with Crippen LogP contribution in [0.2, 0.25) is 0 Å². The summed E-state index contributed by atoms with van der Waals surface area (Å²) in [6, 6.07) is 2.07. The maximum atomic E-state index is 12.1. The van der Waals surface area contributed by atoms with Gasteiger partial charge in [-0.1, -0.05) is 0 Å². The van der Waals surface area contributed by atoms with Crippen LogP contribution in [0.15, 0.2) is 21.6 Å². The molecule has 6 nitrogen and oxygen atoms in total. The van der Waals surface area contributed by atoms with E-state index < -0.39 is 10.0 Å². The Morgan fingerprint density at radius 2 is 2.26 bits per heavy atom. The highest BCUT2D eigenvalue weighted by molar-refractivity contribution is 9.10. The van der Waals surface area contributed by atoms with E-state index in [0.717, 1.165) is 0 Å². The third-order valence-electron chi connectivity index (χ3n) is 3.06. The van der Waals surface area contributed by atoms with Crippen molar-refractivity contribution in [3.8, 4) is 0 Å². The molecule has 0 unspecified atom stereocenters. The Morgan fingerprint density at radius 3 is 2.89 bits per heavy atom. The number of nitrogen functional groups attached to an aromatic ring is 1. The van der Waals surface area contributed by atoms with Crippen molar-refractivity contribution in [1.29, 1.82) is 0 Å². The van der Waals surface area contributed by atoms with Crippen LogP contribution >= 0.6 is 15.9 Å². The van der Waals surface area contributed by atoms with E-state index in [1.165, 1.54) is 25.1 Å². The van der Waals surface area contributed by atoms with Crippen LogP contribution in [0.3, 0.4) is 0 Å². The van der Waals surface area contributed by atoms with E-state index in [1.807, 2.05) is 7.05 Å². The minimum absolute atomic E-state index is 0.00578. The van der Waals surface area contributed by atoms with Gasteiger partial charge in [-0.05, 0) is 41.9 Å². The largest absolute Gasteiger partial charge is 0.383 e. The zero-order chi connectivity index (χ0) is 14.0. The first-order valence-corrected chi connectivity index (χ1v) is 8.28. The summed E-state index contributed by atoms with van der Waals surface area (Å²) in [6.07, 6.45) is 3.87. The molecule has 8 heteroatoms. The van der Waals surface area contributed by atoms with Crippen LogP contribution in [0.25, 0.3) is 0 Å². The Balaban J connectivity index is 1.99. The lowest BCUT2D eigenvalue weighted by Crippen LogP contribution is -2.34. The summed E-state index contributed by atoms with van der Waals surface area (Å²) < 4.78 is 27.3. The molecule has 3 N–H and O–H groups in total. The van der Waals surface area contributed by atoms with Crippen molar-refractivity contribution in [1.82, 2.24) is 14.6 Å². The number of hydrogen-bond acceptors (Lipinski definition) is 5. The van der Waals surface area contributed by atoms with Crippen LogP contribution < -0.4 is 10.5 Å². The van der Waals surface area contributed by atoms with Crippen molar-refractivity contribution in [3.05, 3.63) is 16.7 Å². The molecule has 19 heavy (non-hydrogen) atoms. The number of nitrogens with zero attached hydrogens (tertiary/aromatic N) is 2. The second kappa shape index (κ2) is 5.74. The number of aromatic nitrogens is 1. The van der Waals surface area contributed by atoms with Crippen LogP contribution in [-0.4, -0.2) is 44.5 Å². The second-order valence-corrected chi connectivity index (χ2v) is 7.30. The quantitative estimate of drug-likeness (QED) is 0.793.